The van der Waals surface area contributed by atoms with Crippen molar-refractivity contribution in [1.29, 1.82) is 0 Å². The van der Waals surface area contributed by atoms with Gasteiger partial charge in [-0.15, -0.1) is 0 Å². The van der Waals surface area contributed by atoms with Crippen molar-refractivity contribution in [2.24, 2.45) is 0 Å². The van der Waals surface area contributed by atoms with Crippen LogP contribution in [-0.2, 0) is 25.7 Å². The molecule has 0 radical (unpaired) electrons. The van der Waals surface area contributed by atoms with E-state index in [0.717, 1.165) is 25.7 Å². The first-order chi connectivity index (χ1) is 14.7. The SMILES string of the molecule is Cc1cccc2c1-c1c(C)ccc(CCc3cccc4c3Cc3ccccc3-4)c1C2. The Bertz CT molecular complexity index is 1310. The van der Waals surface area contributed by atoms with E-state index in [2.05, 4.69) is 86.6 Å². The van der Waals surface area contributed by atoms with Crippen molar-refractivity contribution >= 4 is 0 Å². The highest BCUT2D eigenvalue weighted by atomic mass is 14.3. The lowest BCUT2D eigenvalue weighted by molar-refractivity contribution is 0.928. The smallest absolute Gasteiger partial charge is 0.00105 e. The summed E-state index contributed by atoms with van der Waals surface area (Å²) in [5.74, 6) is 0. The Labute approximate surface area is 179 Å². The van der Waals surface area contributed by atoms with Crippen molar-refractivity contribution in [1.82, 2.24) is 0 Å². The monoisotopic (exact) mass is 386 g/mol. The van der Waals surface area contributed by atoms with Gasteiger partial charge in [0.05, 0.1) is 0 Å². The van der Waals surface area contributed by atoms with Crippen LogP contribution in [0.1, 0.15) is 44.5 Å². The van der Waals surface area contributed by atoms with E-state index in [4.69, 9.17) is 0 Å². The molecule has 4 aromatic carbocycles. The molecule has 0 spiro atoms. The average molecular weight is 387 g/mol. The fourth-order valence-corrected chi connectivity index (χ4v) is 5.74. The van der Waals surface area contributed by atoms with E-state index >= 15 is 0 Å². The molecule has 0 bridgehead atoms. The molecule has 0 fully saturated rings. The number of rotatable bonds is 3. The van der Waals surface area contributed by atoms with Crippen molar-refractivity contribution < 1.29 is 0 Å². The van der Waals surface area contributed by atoms with E-state index in [0.29, 0.717) is 0 Å². The topological polar surface area (TPSA) is 0 Å². The highest BCUT2D eigenvalue weighted by molar-refractivity contribution is 5.83. The standard InChI is InChI=1S/C30H26/c1-19-7-5-10-24-18-28-22(14-13-20(2)30(28)29(19)24)16-15-21-9-6-12-26-25-11-4-3-8-23(25)17-27(21)26/h3-14H,15-18H2,1-2H3. The van der Waals surface area contributed by atoms with Gasteiger partial charge in [0.1, 0.15) is 0 Å². The van der Waals surface area contributed by atoms with Crippen LogP contribution in [0.2, 0.25) is 0 Å². The van der Waals surface area contributed by atoms with Crippen LogP contribution in [0.5, 0.6) is 0 Å². The Morgan fingerprint density at radius 1 is 0.533 bits per heavy atom. The van der Waals surface area contributed by atoms with Crippen LogP contribution in [0.25, 0.3) is 22.3 Å². The summed E-state index contributed by atoms with van der Waals surface area (Å²) in [5, 5.41) is 0. The van der Waals surface area contributed by atoms with Crippen molar-refractivity contribution in [3.63, 3.8) is 0 Å². The number of hydrogen-bond acceptors (Lipinski definition) is 0. The molecule has 30 heavy (non-hydrogen) atoms. The van der Waals surface area contributed by atoms with Gasteiger partial charge in [-0.2, -0.15) is 0 Å². The molecular weight excluding hydrogens is 360 g/mol. The Kier molecular flexibility index (Phi) is 3.96. The van der Waals surface area contributed by atoms with Crippen LogP contribution in [0.15, 0.2) is 72.8 Å². The fourth-order valence-electron chi connectivity index (χ4n) is 5.74. The summed E-state index contributed by atoms with van der Waals surface area (Å²) >= 11 is 0. The number of hydrogen-bond donors (Lipinski definition) is 0. The van der Waals surface area contributed by atoms with Gasteiger partial charge in [0.2, 0.25) is 0 Å². The molecule has 0 atom stereocenters. The quantitative estimate of drug-likeness (QED) is 0.301. The molecule has 0 aromatic heterocycles. The molecule has 0 heterocycles. The summed E-state index contributed by atoms with van der Waals surface area (Å²) in [6, 6.07) is 27.3. The van der Waals surface area contributed by atoms with E-state index in [1.165, 1.54) is 55.6 Å². The van der Waals surface area contributed by atoms with Gasteiger partial charge in [0, 0.05) is 0 Å². The summed E-state index contributed by atoms with van der Waals surface area (Å²) < 4.78 is 0. The Balaban J connectivity index is 1.35. The predicted molar refractivity (Wildman–Crippen MR) is 126 cm³/mol. The maximum Gasteiger partial charge on any atom is -0.00105 e. The predicted octanol–water partition coefficient (Wildman–Crippen LogP) is 7.23. The van der Waals surface area contributed by atoms with Crippen LogP contribution < -0.4 is 0 Å². The van der Waals surface area contributed by atoms with Gasteiger partial charge >= 0.3 is 0 Å². The highest BCUT2D eigenvalue weighted by Gasteiger charge is 2.25. The molecule has 0 nitrogen and oxygen atoms in total. The van der Waals surface area contributed by atoms with Crippen LogP contribution in [0.3, 0.4) is 0 Å². The lowest BCUT2D eigenvalue weighted by Crippen LogP contribution is -2.00. The molecule has 0 heteroatoms. The zero-order valence-electron chi connectivity index (χ0n) is 17.8. The molecular formula is C30H26. The Morgan fingerprint density at radius 2 is 1.20 bits per heavy atom. The molecule has 0 aliphatic heterocycles. The van der Waals surface area contributed by atoms with Gasteiger partial charge in [-0.25, -0.2) is 0 Å². The zero-order valence-corrected chi connectivity index (χ0v) is 17.8. The molecule has 0 N–H and O–H groups in total. The zero-order chi connectivity index (χ0) is 20.2. The molecule has 0 saturated heterocycles. The van der Waals surface area contributed by atoms with Crippen molar-refractivity contribution in [3.05, 3.63) is 117 Å². The maximum atomic E-state index is 2.38. The number of benzene rings is 4. The van der Waals surface area contributed by atoms with Crippen LogP contribution in [-0.4, -0.2) is 0 Å². The molecule has 4 aromatic rings. The van der Waals surface area contributed by atoms with Crippen LogP contribution >= 0.6 is 0 Å². The second kappa shape index (κ2) is 6.71. The van der Waals surface area contributed by atoms with E-state index in [1.807, 2.05) is 0 Å². The first-order valence-corrected chi connectivity index (χ1v) is 11.1. The van der Waals surface area contributed by atoms with Gasteiger partial charge in [-0.3, -0.25) is 0 Å². The second-order valence-corrected chi connectivity index (χ2v) is 8.96. The largest absolute Gasteiger partial charge is 0.0619 e. The second-order valence-electron chi connectivity index (χ2n) is 8.96. The van der Waals surface area contributed by atoms with Gasteiger partial charge in [-0.1, -0.05) is 72.8 Å². The summed E-state index contributed by atoms with van der Waals surface area (Å²) in [6.07, 6.45) is 4.39. The first-order valence-electron chi connectivity index (χ1n) is 11.1. The third-order valence-electron chi connectivity index (χ3n) is 7.21. The van der Waals surface area contributed by atoms with Gasteiger partial charge < -0.3 is 0 Å². The third-order valence-corrected chi connectivity index (χ3v) is 7.21. The van der Waals surface area contributed by atoms with Gasteiger partial charge in [-0.05, 0) is 106 Å². The van der Waals surface area contributed by atoms with Crippen molar-refractivity contribution in [3.8, 4) is 22.3 Å². The van der Waals surface area contributed by atoms with E-state index in [-0.39, 0.29) is 0 Å². The van der Waals surface area contributed by atoms with Gasteiger partial charge in [0.25, 0.3) is 0 Å². The molecule has 0 amide bonds. The molecule has 146 valence electrons. The molecule has 6 rings (SSSR count). The van der Waals surface area contributed by atoms with E-state index in [1.54, 1.807) is 11.1 Å². The van der Waals surface area contributed by atoms with Crippen LogP contribution in [0.4, 0.5) is 0 Å². The normalized spacial score (nSPS) is 13.0. The Morgan fingerprint density at radius 3 is 2.10 bits per heavy atom. The summed E-state index contributed by atoms with van der Waals surface area (Å²) in [6.45, 7) is 4.52. The molecule has 0 saturated carbocycles. The molecule has 0 unspecified atom stereocenters. The summed E-state index contributed by atoms with van der Waals surface area (Å²) in [4.78, 5) is 0. The summed E-state index contributed by atoms with van der Waals surface area (Å²) in [7, 11) is 0. The average Bonchev–Trinajstić information content (AvgIpc) is 3.34. The fraction of sp³-hybridized carbons (Fsp3) is 0.200. The lowest BCUT2D eigenvalue weighted by atomic mass is 9.91. The van der Waals surface area contributed by atoms with Crippen molar-refractivity contribution in [2.45, 2.75) is 39.5 Å². The lowest BCUT2D eigenvalue weighted by Gasteiger charge is -2.14. The van der Waals surface area contributed by atoms with Gasteiger partial charge in [0.15, 0.2) is 0 Å². The first kappa shape index (κ1) is 17.7. The Hall–Kier alpha value is -3.12. The summed E-state index contributed by atoms with van der Waals surface area (Å²) in [5.41, 5.74) is 17.8. The van der Waals surface area contributed by atoms with E-state index in [9.17, 15) is 0 Å². The van der Waals surface area contributed by atoms with Crippen LogP contribution in [0, 0.1) is 13.8 Å². The van der Waals surface area contributed by atoms with E-state index < -0.39 is 0 Å². The molecule has 2 aliphatic carbocycles. The maximum absolute atomic E-state index is 2.38. The number of fused-ring (bicyclic) bond motifs is 6. The third kappa shape index (κ3) is 2.60. The van der Waals surface area contributed by atoms with Crippen molar-refractivity contribution in [2.75, 3.05) is 0 Å². The highest BCUT2D eigenvalue weighted by Crippen LogP contribution is 2.43. The minimum absolute atomic E-state index is 1.08. The number of aryl methyl sites for hydroxylation is 4. The molecule has 2 aliphatic rings. The minimum Gasteiger partial charge on any atom is -0.0619 e. The minimum atomic E-state index is 1.08.